The van der Waals surface area contributed by atoms with E-state index in [0.717, 1.165) is 24.8 Å². The number of sulfonamides is 1. The predicted octanol–water partition coefficient (Wildman–Crippen LogP) is 3.34. The summed E-state index contributed by atoms with van der Waals surface area (Å²) < 4.78 is 51.5. The summed E-state index contributed by atoms with van der Waals surface area (Å²) in [6, 6.07) is 11.4. The number of carbonyl (C=O) groups is 1. The van der Waals surface area contributed by atoms with Crippen molar-refractivity contribution in [3.8, 4) is 5.75 Å². The third-order valence-electron chi connectivity index (χ3n) is 5.92. The van der Waals surface area contributed by atoms with Crippen molar-refractivity contribution in [3.05, 3.63) is 59.4 Å². The van der Waals surface area contributed by atoms with E-state index in [1.54, 1.807) is 24.3 Å². The van der Waals surface area contributed by atoms with E-state index in [0.29, 0.717) is 17.7 Å². The number of halogens is 1. The van der Waals surface area contributed by atoms with Crippen LogP contribution in [0.5, 0.6) is 5.75 Å². The standard InChI is InChI=1S/C23H26FNO5S/c24-21-6-1-2-7-22(21)29-14-15-30-23(26)18-10-12-25(13-11-18)31(27,28)20-9-8-17-4-3-5-19(17)16-20/h1-2,6-9,16,18H,3-5,10-15H2. The van der Waals surface area contributed by atoms with Crippen LogP contribution >= 0.6 is 0 Å². The van der Waals surface area contributed by atoms with Gasteiger partial charge in [0.25, 0.3) is 0 Å². The van der Waals surface area contributed by atoms with Gasteiger partial charge in [-0.05, 0) is 67.5 Å². The van der Waals surface area contributed by atoms with Gasteiger partial charge in [-0.3, -0.25) is 4.79 Å². The van der Waals surface area contributed by atoms with E-state index in [9.17, 15) is 17.6 Å². The highest BCUT2D eigenvalue weighted by Gasteiger charge is 2.33. The molecule has 8 heteroatoms. The molecule has 0 radical (unpaired) electrons. The van der Waals surface area contributed by atoms with Gasteiger partial charge in [0.05, 0.1) is 10.8 Å². The molecule has 1 aliphatic heterocycles. The minimum atomic E-state index is -3.56. The van der Waals surface area contributed by atoms with Gasteiger partial charge in [-0.15, -0.1) is 0 Å². The lowest BCUT2D eigenvalue weighted by atomic mass is 9.98. The molecule has 4 rings (SSSR count). The number of hydrogen-bond donors (Lipinski definition) is 0. The highest BCUT2D eigenvalue weighted by molar-refractivity contribution is 7.89. The van der Waals surface area contributed by atoms with Crippen LogP contribution in [0.2, 0.25) is 0 Å². The van der Waals surface area contributed by atoms with Crippen molar-refractivity contribution in [2.24, 2.45) is 5.92 Å². The van der Waals surface area contributed by atoms with Crippen LogP contribution in [0, 0.1) is 11.7 Å². The quantitative estimate of drug-likeness (QED) is 0.481. The molecule has 0 spiro atoms. The molecule has 1 fully saturated rings. The molecule has 0 atom stereocenters. The summed E-state index contributed by atoms with van der Waals surface area (Å²) in [5.41, 5.74) is 2.36. The maximum atomic E-state index is 13.5. The SMILES string of the molecule is O=C(OCCOc1ccccc1F)C1CCN(S(=O)(=O)c2ccc3c(c2)CCC3)CC1. The Morgan fingerprint density at radius 1 is 1.03 bits per heavy atom. The van der Waals surface area contributed by atoms with E-state index in [1.807, 2.05) is 6.07 Å². The van der Waals surface area contributed by atoms with E-state index < -0.39 is 15.8 Å². The molecule has 0 saturated carbocycles. The molecule has 1 aliphatic carbocycles. The number of carbonyl (C=O) groups excluding carboxylic acids is 1. The van der Waals surface area contributed by atoms with Crippen molar-refractivity contribution in [2.75, 3.05) is 26.3 Å². The van der Waals surface area contributed by atoms with E-state index >= 15 is 0 Å². The zero-order valence-corrected chi connectivity index (χ0v) is 18.1. The second-order valence-electron chi connectivity index (χ2n) is 7.91. The summed E-state index contributed by atoms with van der Waals surface area (Å²) in [5, 5.41) is 0. The van der Waals surface area contributed by atoms with Crippen molar-refractivity contribution >= 4 is 16.0 Å². The number of ether oxygens (including phenoxy) is 2. The summed E-state index contributed by atoms with van der Waals surface area (Å²) in [6.07, 6.45) is 3.83. The van der Waals surface area contributed by atoms with E-state index in [2.05, 4.69) is 0 Å². The minimum absolute atomic E-state index is 0.0147. The van der Waals surface area contributed by atoms with Gasteiger partial charge in [-0.1, -0.05) is 18.2 Å². The zero-order chi connectivity index (χ0) is 21.8. The number of piperidine rings is 1. The molecule has 0 bridgehead atoms. The molecule has 2 aromatic rings. The molecule has 0 unspecified atom stereocenters. The Morgan fingerprint density at radius 3 is 2.55 bits per heavy atom. The lowest BCUT2D eigenvalue weighted by molar-refractivity contribution is -0.150. The van der Waals surface area contributed by atoms with Gasteiger partial charge < -0.3 is 9.47 Å². The largest absolute Gasteiger partial charge is 0.487 e. The average molecular weight is 448 g/mol. The minimum Gasteiger partial charge on any atom is -0.487 e. The molecular formula is C23H26FNO5S. The highest BCUT2D eigenvalue weighted by Crippen LogP contribution is 2.29. The Kier molecular flexibility index (Phi) is 6.57. The van der Waals surface area contributed by atoms with E-state index in [1.165, 1.54) is 22.0 Å². The summed E-state index contributed by atoms with van der Waals surface area (Å²) in [6.45, 7) is 0.634. The van der Waals surface area contributed by atoms with Gasteiger partial charge in [0.2, 0.25) is 10.0 Å². The Balaban J connectivity index is 1.25. The first kappa shape index (κ1) is 21.8. The van der Waals surface area contributed by atoms with Crippen LogP contribution in [0.1, 0.15) is 30.4 Å². The summed E-state index contributed by atoms with van der Waals surface area (Å²) in [5.74, 6) is -1.07. The lowest BCUT2D eigenvalue weighted by Crippen LogP contribution is -2.40. The Hall–Kier alpha value is -2.45. The number of nitrogens with zero attached hydrogens (tertiary/aromatic N) is 1. The second kappa shape index (κ2) is 9.36. The Labute approximate surface area is 182 Å². The first-order chi connectivity index (χ1) is 14.9. The highest BCUT2D eigenvalue weighted by atomic mass is 32.2. The predicted molar refractivity (Wildman–Crippen MR) is 113 cm³/mol. The van der Waals surface area contributed by atoms with Crippen molar-refractivity contribution in [1.29, 1.82) is 0 Å². The normalized spacial score (nSPS) is 17.3. The number of fused-ring (bicyclic) bond motifs is 1. The number of aryl methyl sites for hydroxylation is 2. The smallest absolute Gasteiger partial charge is 0.309 e. The van der Waals surface area contributed by atoms with Crippen LogP contribution in [0.3, 0.4) is 0 Å². The molecule has 1 heterocycles. The Bertz CT molecular complexity index is 1050. The van der Waals surface area contributed by atoms with Crippen molar-refractivity contribution < 1.29 is 27.1 Å². The maximum absolute atomic E-state index is 13.5. The number of para-hydroxylation sites is 1. The summed E-state index contributed by atoms with van der Waals surface area (Å²) in [4.78, 5) is 12.6. The monoisotopic (exact) mass is 447 g/mol. The summed E-state index contributed by atoms with van der Waals surface area (Å²) in [7, 11) is -3.56. The molecule has 1 saturated heterocycles. The molecule has 166 valence electrons. The number of benzene rings is 2. The number of esters is 1. The van der Waals surface area contributed by atoms with Crippen molar-refractivity contribution in [3.63, 3.8) is 0 Å². The first-order valence-corrected chi connectivity index (χ1v) is 12.0. The first-order valence-electron chi connectivity index (χ1n) is 10.6. The fourth-order valence-electron chi connectivity index (χ4n) is 4.16. The fraction of sp³-hybridized carbons (Fsp3) is 0.435. The zero-order valence-electron chi connectivity index (χ0n) is 17.3. The third-order valence-corrected chi connectivity index (χ3v) is 7.81. The fourth-order valence-corrected chi connectivity index (χ4v) is 5.68. The molecule has 6 nitrogen and oxygen atoms in total. The molecular weight excluding hydrogens is 421 g/mol. The van der Waals surface area contributed by atoms with Crippen molar-refractivity contribution in [2.45, 2.75) is 37.0 Å². The molecule has 31 heavy (non-hydrogen) atoms. The molecule has 0 N–H and O–H groups in total. The van der Waals surface area contributed by atoms with Crippen molar-refractivity contribution in [1.82, 2.24) is 4.31 Å². The second-order valence-corrected chi connectivity index (χ2v) is 9.85. The van der Waals surface area contributed by atoms with Crippen LogP contribution in [0.25, 0.3) is 0 Å². The van der Waals surface area contributed by atoms with Crippen LogP contribution in [-0.4, -0.2) is 45.0 Å². The molecule has 2 aliphatic rings. The molecule has 0 aromatic heterocycles. The Morgan fingerprint density at radius 2 is 1.77 bits per heavy atom. The van der Waals surface area contributed by atoms with E-state index in [-0.39, 0.29) is 43.9 Å². The number of hydrogen-bond acceptors (Lipinski definition) is 5. The maximum Gasteiger partial charge on any atom is 0.309 e. The van der Waals surface area contributed by atoms with Crippen LogP contribution in [-0.2, 0) is 32.4 Å². The van der Waals surface area contributed by atoms with Gasteiger partial charge in [0.1, 0.15) is 13.2 Å². The average Bonchev–Trinajstić information content (AvgIpc) is 3.26. The third kappa shape index (κ3) is 4.91. The molecule has 2 aromatic carbocycles. The van der Waals surface area contributed by atoms with Gasteiger partial charge in [0.15, 0.2) is 11.6 Å². The lowest BCUT2D eigenvalue weighted by Gasteiger charge is -2.30. The van der Waals surface area contributed by atoms with Gasteiger partial charge in [-0.2, -0.15) is 4.31 Å². The summed E-state index contributed by atoms with van der Waals surface area (Å²) >= 11 is 0. The molecule has 0 amide bonds. The van der Waals surface area contributed by atoms with Gasteiger partial charge in [-0.25, -0.2) is 12.8 Å². The topological polar surface area (TPSA) is 72.9 Å². The van der Waals surface area contributed by atoms with Crippen LogP contribution < -0.4 is 4.74 Å². The van der Waals surface area contributed by atoms with Gasteiger partial charge >= 0.3 is 5.97 Å². The van der Waals surface area contributed by atoms with Crippen LogP contribution in [0.15, 0.2) is 47.4 Å². The van der Waals surface area contributed by atoms with E-state index in [4.69, 9.17) is 9.47 Å². The van der Waals surface area contributed by atoms with Gasteiger partial charge in [0, 0.05) is 13.1 Å². The number of rotatable bonds is 7. The van der Waals surface area contributed by atoms with Crippen LogP contribution in [0.4, 0.5) is 4.39 Å².